The molecule has 3 rings (SSSR count). The first kappa shape index (κ1) is 10.1. The van der Waals surface area contributed by atoms with Gasteiger partial charge in [0.05, 0.1) is 18.2 Å². The average Bonchev–Trinajstić information content (AvgIpc) is 2.91. The van der Waals surface area contributed by atoms with Gasteiger partial charge in [-0.3, -0.25) is 0 Å². The molecule has 0 aliphatic carbocycles. The molecule has 0 amide bonds. The summed E-state index contributed by atoms with van der Waals surface area (Å²) in [4.78, 5) is 6.87. The first-order valence-corrected chi connectivity index (χ1v) is 5.50. The van der Waals surface area contributed by atoms with Crippen molar-refractivity contribution in [2.45, 2.75) is 6.10 Å². The summed E-state index contributed by atoms with van der Waals surface area (Å²) in [5.74, 6) is 0. The lowest BCUT2D eigenvalue weighted by Crippen LogP contribution is -2.00. The molecular formula is C14H12N2O. The second-order valence-electron chi connectivity index (χ2n) is 3.98. The lowest BCUT2D eigenvalue weighted by molar-refractivity contribution is 0.217. The highest BCUT2D eigenvalue weighted by Gasteiger charge is 2.13. The molecule has 0 unspecified atom stereocenters. The minimum atomic E-state index is -0.663. The van der Waals surface area contributed by atoms with Crippen LogP contribution in [0.15, 0.2) is 55.0 Å². The Balaban J connectivity index is 2.17. The Kier molecular flexibility index (Phi) is 2.38. The molecule has 0 fully saturated rings. The zero-order valence-corrected chi connectivity index (χ0v) is 9.17. The Morgan fingerprint density at radius 2 is 1.88 bits per heavy atom. The summed E-state index contributed by atoms with van der Waals surface area (Å²) < 4.78 is 0. The predicted octanol–water partition coefficient (Wildman–Crippen LogP) is 2.64. The third-order valence-corrected chi connectivity index (χ3v) is 2.93. The third-order valence-electron chi connectivity index (χ3n) is 2.93. The van der Waals surface area contributed by atoms with Crippen LogP contribution < -0.4 is 0 Å². The largest absolute Gasteiger partial charge is 0.382 e. The maximum absolute atomic E-state index is 10.3. The lowest BCUT2D eigenvalue weighted by Gasteiger charge is -2.11. The molecule has 0 radical (unpaired) electrons. The number of aliphatic hydroxyl groups is 1. The van der Waals surface area contributed by atoms with Crippen LogP contribution in [-0.2, 0) is 0 Å². The van der Waals surface area contributed by atoms with E-state index in [0.29, 0.717) is 5.69 Å². The number of aliphatic hydroxyl groups excluding tert-OH is 1. The predicted molar refractivity (Wildman–Crippen MR) is 66.6 cm³/mol. The summed E-state index contributed by atoms with van der Waals surface area (Å²) in [6, 6.07) is 14.0. The van der Waals surface area contributed by atoms with Crippen molar-refractivity contribution in [1.29, 1.82) is 0 Å². The molecule has 1 heterocycles. The molecule has 3 heteroatoms. The molecule has 0 saturated carbocycles. The monoisotopic (exact) mass is 224 g/mol. The van der Waals surface area contributed by atoms with Crippen molar-refractivity contribution in [3.8, 4) is 0 Å². The van der Waals surface area contributed by atoms with Gasteiger partial charge in [0.25, 0.3) is 0 Å². The van der Waals surface area contributed by atoms with Gasteiger partial charge in [-0.15, -0.1) is 0 Å². The standard InChI is InChI=1S/C14H12N2O/c17-14(13-8-15-9-16-13)12-7-3-5-10-4-1-2-6-11(10)12/h1-9,14,17H,(H,15,16)/t14-/m1/s1. The van der Waals surface area contributed by atoms with Crippen molar-refractivity contribution in [2.24, 2.45) is 0 Å². The summed E-state index contributed by atoms with van der Waals surface area (Å²) in [5, 5.41) is 12.5. The van der Waals surface area contributed by atoms with Gasteiger partial charge in [0.1, 0.15) is 6.10 Å². The zero-order chi connectivity index (χ0) is 11.7. The van der Waals surface area contributed by atoms with Gasteiger partial charge in [0.2, 0.25) is 0 Å². The van der Waals surface area contributed by atoms with Crippen LogP contribution in [0, 0.1) is 0 Å². The molecule has 0 bridgehead atoms. The van der Waals surface area contributed by atoms with E-state index in [0.717, 1.165) is 16.3 Å². The van der Waals surface area contributed by atoms with E-state index < -0.39 is 6.10 Å². The first-order valence-electron chi connectivity index (χ1n) is 5.50. The minimum absolute atomic E-state index is 0.663. The van der Waals surface area contributed by atoms with Crippen LogP contribution in [0.2, 0.25) is 0 Å². The van der Waals surface area contributed by atoms with Crippen LogP contribution in [0.1, 0.15) is 17.4 Å². The number of imidazole rings is 1. The van der Waals surface area contributed by atoms with Gasteiger partial charge >= 0.3 is 0 Å². The normalized spacial score (nSPS) is 12.8. The number of benzene rings is 2. The van der Waals surface area contributed by atoms with Crippen LogP contribution >= 0.6 is 0 Å². The molecule has 0 spiro atoms. The molecule has 17 heavy (non-hydrogen) atoms. The van der Waals surface area contributed by atoms with Crippen LogP contribution in [0.4, 0.5) is 0 Å². The van der Waals surface area contributed by atoms with Gasteiger partial charge < -0.3 is 10.1 Å². The van der Waals surface area contributed by atoms with Gasteiger partial charge in [-0.25, -0.2) is 4.98 Å². The summed E-state index contributed by atoms with van der Waals surface area (Å²) in [6.45, 7) is 0. The molecule has 0 aliphatic rings. The Bertz CT molecular complexity index is 626. The highest BCUT2D eigenvalue weighted by atomic mass is 16.3. The Labute approximate surface area is 98.8 Å². The summed E-state index contributed by atoms with van der Waals surface area (Å²) >= 11 is 0. The van der Waals surface area contributed by atoms with Gasteiger partial charge in [0, 0.05) is 0 Å². The fraction of sp³-hybridized carbons (Fsp3) is 0.0714. The number of nitrogens with one attached hydrogen (secondary N) is 1. The minimum Gasteiger partial charge on any atom is -0.382 e. The van der Waals surface area contributed by atoms with E-state index in [4.69, 9.17) is 0 Å². The van der Waals surface area contributed by atoms with E-state index in [1.807, 2.05) is 42.5 Å². The quantitative estimate of drug-likeness (QED) is 0.703. The Morgan fingerprint density at radius 3 is 2.71 bits per heavy atom. The average molecular weight is 224 g/mol. The number of hydrogen-bond acceptors (Lipinski definition) is 2. The molecule has 84 valence electrons. The fourth-order valence-corrected chi connectivity index (χ4v) is 2.07. The maximum Gasteiger partial charge on any atom is 0.121 e. The van der Waals surface area contributed by atoms with Crippen molar-refractivity contribution in [1.82, 2.24) is 9.97 Å². The number of H-pyrrole nitrogens is 1. The maximum atomic E-state index is 10.3. The van der Waals surface area contributed by atoms with Gasteiger partial charge in [0.15, 0.2) is 0 Å². The van der Waals surface area contributed by atoms with Gasteiger partial charge in [-0.1, -0.05) is 42.5 Å². The van der Waals surface area contributed by atoms with Crippen LogP contribution in [0.5, 0.6) is 0 Å². The van der Waals surface area contributed by atoms with Crippen molar-refractivity contribution in [3.05, 3.63) is 66.2 Å². The second kappa shape index (κ2) is 4.03. The van der Waals surface area contributed by atoms with E-state index >= 15 is 0 Å². The fourth-order valence-electron chi connectivity index (χ4n) is 2.07. The summed E-state index contributed by atoms with van der Waals surface area (Å²) in [7, 11) is 0. The smallest absolute Gasteiger partial charge is 0.121 e. The molecule has 3 nitrogen and oxygen atoms in total. The van der Waals surface area contributed by atoms with Crippen molar-refractivity contribution < 1.29 is 5.11 Å². The lowest BCUT2D eigenvalue weighted by atomic mass is 9.99. The zero-order valence-electron chi connectivity index (χ0n) is 9.17. The molecule has 1 aromatic heterocycles. The Hall–Kier alpha value is -2.13. The van der Waals surface area contributed by atoms with E-state index in [2.05, 4.69) is 9.97 Å². The molecule has 2 N–H and O–H groups in total. The summed E-state index contributed by atoms with van der Waals surface area (Å²) in [5.41, 5.74) is 1.61. The number of nitrogens with zero attached hydrogens (tertiary/aromatic N) is 1. The molecule has 0 saturated heterocycles. The van der Waals surface area contributed by atoms with Crippen molar-refractivity contribution >= 4 is 10.8 Å². The molecule has 1 atom stereocenters. The topological polar surface area (TPSA) is 48.9 Å². The number of fused-ring (bicyclic) bond motifs is 1. The highest BCUT2D eigenvalue weighted by molar-refractivity contribution is 5.86. The van der Waals surface area contributed by atoms with E-state index in [-0.39, 0.29) is 0 Å². The summed E-state index contributed by atoms with van der Waals surface area (Å²) in [6.07, 6.45) is 2.56. The Morgan fingerprint density at radius 1 is 1.06 bits per heavy atom. The van der Waals surface area contributed by atoms with E-state index in [9.17, 15) is 5.11 Å². The first-order chi connectivity index (χ1) is 8.36. The number of rotatable bonds is 2. The number of aromatic amines is 1. The van der Waals surface area contributed by atoms with Crippen LogP contribution in [0.3, 0.4) is 0 Å². The van der Waals surface area contributed by atoms with Crippen molar-refractivity contribution in [2.75, 3.05) is 0 Å². The van der Waals surface area contributed by atoms with Gasteiger partial charge in [-0.2, -0.15) is 0 Å². The van der Waals surface area contributed by atoms with Crippen LogP contribution in [0.25, 0.3) is 10.8 Å². The molecular weight excluding hydrogens is 212 g/mol. The third kappa shape index (κ3) is 1.70. The molecule has 3 aromatic rings. The van der Waals surface area contributed by atoms with E-state index in [1.54, 1.807) is 12.5 Å². The van der Waals surface area contributed by atoms with Gasteiger partial charge in [-0.05, 0) is 16.3 Å². The molecule has 0 aliphatic heterocycles. The molecule has 2 aromatic carbocycles. The number of aromatic nitrogens is 2. The van der Waals surface area contributed by atoms with E-state index in [1.165, 1.54) is 0 Å². The second-order valence-corrected chi connectivity index (χ2v) is 3.98. The highest BCUT2D eigenvalue weighted by Crippen LogP contribution is 2.27. The van der Waals surface area contributed by atoms with Crippen LogP contribution in [-0.4, -0.2) is 15.1 Å². The SMILES string of the molecule is O[C@@H](c1cnc[nH]1)c1cccc2ccccc12. The number of hydrogen-bond donors (Lipinski definition) is 2. The van der Waals surface area contributed by atoms with Crippen molar-refractivity contribution in [3.63, 3.8) is 0 Å².